The Bertz CT molecular complexity index is 601. The molecule has 19 heavy (non-hydrogen) atoms. The maximum absolute atomic E-state index is 11.9. The first-order valence-electron chi connectivity index (χ1n) is 5.66. The normalized spacial score (nSPS) is 11.4. The smallest absolute Gasteiger partial charge is 0.265 e. The highest BCUT2D eigenvalue weighted by Gasteiger charge is 2.16. The van der Waals surface area contributed by atoms with Crippen LogP contribution in [-0.4, -0.2) is 22.2 Å². The minimum Gasteiger partial charge on any atom is -0.480 e. The summed E-state index contributed by atoms with van der Waals surface area (Å²) in [4.78, 5) is 11.9. The van der Waals surface area contributed by atoms with Crippen molar-refractivity contribution in [3.05, 3.63) is 42.2 Å². The number of anilines is 1. The van der Waals surface area contributed by atoms with E-state index in [2.05, 4.69) is 15.5 Å². The number of para-hydroxylation sites is 1. The molecule has 2 aromatic rings. The van der Waals surface area contributed by atoms with Gasteiger partial charge in [-0.3, -0.25) is 9.89 Å². The van der Waals surface area contributed by atoms with Crippen molar-refractivity contribution >= 4 is 11.6 Å². The number of carbonyl (C=O) groups excluding carboxylic acids is 1. The van der Waals surface area contributed by atoms with Crippen molar-refractivity contribution in [3.8, 4) is 11.8 Å². The second kappa shape index (κ2) is 5.69. The third-order valence-electron chi connectivity index (χ3n) is 2.45. The Labute approximate surface area is 110 Å². The van der Waals surface area contributed by atoms with Gasteiger partial charge in [-0.15, -0.1) is 0 Å². The molecular formula is C13H12N4O2. The van der Waals surface area contributed by atoms with Crippen molar-refractivity contribution in [1.29, 1.82) is 5.26 Å². The van der Waals surface area contributed by atoms with E-state index in [1.807, 2.05) is 6.07 Å². The Morgan fingerprint density at radius 3 is 3.00 bits per heavy atom. The highest BCUT2D eigenvalue weighted by Crippen LogP contribution is 2.18. The van der Waals surface area contributed by atoms with E-state index in [9.17, 15) is 4.79 Å². The van der Waals surface area contributed by atoms with Gasteiger partial charge in [0.05, 0.1) is 17.4 Å². The summed E-state index contributed by atoms with van der Waals surface area (Å²) in [5.41, 5.74) is 0.958. The minimum absolute atomic E-state index is 0.311. The fourth-order valence-electron chi connectivity index (χ4n) is 1.47. The fourth-order valence-corrected chi connectivity index (χ4v) is 1.47. The molecule has 0 saturated carbocycles. The molecule has 2 N–H and O–H groups in total. The summed E-state index contributed by atoms with van der Waals surface area (Å²) in [6.07, 6.45) is 2.34. The molecule has 0 spiro atoms. The second-order valence-corrected chi connectivity index (χ2v) is 3.84. The van der Waals surface area contributed by atoms with Gasteiger partial charge in [-0.1, -0.05) is 12.1 Å². The first-order chi connectivity index (χ1) is 9.20. The average molecular weight is 256 g/mol. The summed E-state index contributed by atoms with van der Waals surface area (Å²) in [7, 11) is 0. The number of rotatable bonds is 4. The van der Waals surface area contributed by atoms with Gasteiger partial charge in [0.15, 0.2) is 6.10 Å². The monoisotopic (exact) mass is 256 g/mol. The number of nitrogens with zero attached hydrogens (tertiary/aromatic N) is 2. The number of hydrogen-bond acceptors (Lipinski definition) is 4. The van der Waals surface area contributed by atoms with Crippen LogP contribution in [0.5, 0.6) is 5.75 Å². The number of benzene rings is 1. The summed E-state index contributed by atoms with van der Waals surface area (Å²) in [5, 5.41) is 17.9. The Balaban J connectivity index is 2.02. The number of nitriles is 1. The van der Waals surface area contributed by atoms with Crippen molar-refractivity contribution in [2.45, 2.75) is 13.0 Å². The first kappa shape index (κ1) is 12.6. The van der Waals surface area contributed by atoms with Crippen molar-refractivity contribution < 1.29 is 9.53 Å². The van der Waals surface area contributed by atoms with Gasteiger partial charge in [0.1, 0.15) is 11.8 Å². The first-order valence-corrected chi connectivity index (χ1v) is 5.66. The van der Waals surface area contributed by atoms with Crippen molar-refractivity contribution in [1.82, 2.24) is 10.2 Å². The molecule has 1 aromatic carbocycles. The van der Waals surface area contributed by atoms with Crippen molar-refractivity contribution in [2.24, 2.45) is 0 Å². The van der Waals surface area contributed by atoms with Gasteiger partial charge in [0.25, 0.3) is 5.91 Å². The highest BCUT2D eigenvalue weighted by atomic mass is 16.5. The van der Waals surface area contributed by atoms with Crippen LogP contribution in [0, 0.1) is 11.3 Å². The van der Waals surface area contributed by atoms with E-state index in [1.165, 1.54) is 6.20 Å². The van der Waals surface area contributed by atoms with E-state index in [0.29, 0.717) is 17.0 Å². The van der Waals surface area contributed by atoms with Crippen molar-refractivity contribution in [3.63, 3.8) is 0 Å². The van der Waals surface area contributed by atoms with E-state index >= 15 is 0 Å². The lowest BCUT2D eigenvalue weighted by molar-refractivity contribution is -0.122. The molecule has 6 heteroatoms. The quantitative estimate of drug-likeness (QED) is 0.870. The summed E-state index contributed by atoms with van der Waals surface area (Å²) in [6, 6.07) is 8.79. The Kier molecular flexibility index (Phi) is 3.78. The van der Waals surface area contributed by atoms with Gasteiger partial charge in [0, 0.05) is 6.20 Å². The number of aromatic nitrogens is 2. The van der Waals surface area contributed by atoms with Crippen LogP contribution < -0.4 is 10.1 Å². The van der Waals surface area contributed by atoms with E-state index in [0.717, 1.165) is 0 Å². The Morgan fingerprint density at radius 1 is 1.53 bits per heavy atom. The summed E-state index contributed by atoms with van der Waals surface area (Å²) >= 11 is 0. The van der Waals surface area contributed by atoms with Gasteiger partial charge in [0.2, 0.25) is 0 Å². The standard InChI is InChI=1S/C13H12N4O2/c1-9(13(18)17-11-7-15-16-8-11)19-12-5-3-2-4-10(12)6-14/h2-5,7-9H,1H3,(H,15,16)(H,17,18)/t9-/m0/s1. The van der Waals surface area contributed by atoms with Gasteiger partial charge in [-0.25, -0.2) is 0 Å². The van der Waals surface area contributed by atoms with Crippen LogP contribution in [0.4, 0.5) is 5.69 Å². The van der Waals surface area contributed by atoms with E-state index < -0.39 is 6.10 Å². The zero-order valence-electron chi connectivity index (χ0n) is 10.3. The second-order valence-electron chi connectivity index (χ2n) is 3.84. The van der Waals surface area contributed by atoms with E-state index in [-0.39, 0.29) is 5.91 Å². The van der Waals surface area contributed by atoms with Gasteiger partial charge in [-0.05, 0) is 19.1 Å². The molecule has 0 aliphatic carbocycles. The Morgan fingerprint density at radius 2 is 2.32 bits per heavy atom. The molecular weight excluding hydrogens is 244 g/mol. The van der Waals surface area contributed by atoms with Crippen molar-refractivity contribution in [2.75, 3.05) is 5.32 Å². The maximum atomic E-state index is 11.9. The number of ether oxygens (including phenoxy) is 1. The molecule has 1 aromatic heterocycles. The van der Waals surface area contributed by atoms with Crippen LogP contribution in [0.3, 0.4) is 0 Å². The molecule has 0 fully saturated rings. The lowest BCUT2D eigenvalue weighted by Gasteiger charge is -2.14. The molecule has 0 aliphatic rings. The van der Waals surface area contributed by atoms with Gasteiger partial charge < -0.3 is 10.1 Å². The molecule has 6 nitrogen and oxygen atoms in total. The van der Waals surface area contributed by atoms with Crippen LogP contribution in [0.2, 0.25) is 0 Å². The summed E-state index contributed by atoms with van der Waals surface area (Å²) in [5.74, 6) is 0.0778. The number of nitrogens with one attached hydrogen (secondary N) is 2. The average Bonchev–Trinajstić information content (AvgIpc) is 2.92. The SMILES string of the molecule is C[C@H](Oc1ccccc1C#N)C(=O)Nc1cn[nH]c1. The molecule has 1 atom stereocenters. The molecule has 96 valence electrons. The molecule has 2 rings (SSSR count). The number of carbonyl (C=O) groups is 1. The lowest BCUT2D eigenvalue weighted by atomic mass is 10.2. The predicted molar refractivity (Wildman–Crippen MR) is 68.5 cm³/mol. The number of H-pyrrole nitrogens is 1. The topological polar surface area (TPSA) is 90.8 Å². The summed E-state index contributed by atoms with van der Waals surface area (Å²) in [6.45, 7) is 1.61. The van der Waals surface area contributed by atoms with Crippen LogP contribution in [0.25, 0.3) is 0 Å². The van der Waals surface area contributed by atoms with Crippen LogP contribution >= 0.6 is 0 Å². The van der Waals surface area contributed by atoms with Crippen LogP contribution in [0.15, 0.2) is 36.7 Å². The van der Waals surface area contributed by atoms with Crippen LogP contribution in [-0.2, 0) is 4.79 Å². The molecule has 0 aliphatic heterocycles. The zero-order chi connectivity index (χ0) is 13.7. The number of amides is 1. The number of aromatic amines is 1. The minimum atomic E-state index is -0.718. The zero-order valence-corrected chi connectivity index (χ0v) is 10.3. The molecule has 0 unspecified atom stereocenters. The van der Waals surface area contributed by atoms with Crippen LogP contribution in [0.1, 0.15) is 12.5 Å². The third kappa shape index (κ3) is 3.10. The van der Waals surface area contributed by atoms with Gasteiger partial charge >= 0.3 is 0 Å². The fraction of sp³-hybridized carbons (Fsp3) is 0.154. The molecule has 1 amide bonds. The molecule has 0 saturated heterocycles. The molecule has 0 radical (unpaired) electrons. The van der Waals surface area contributed by atoms with E-state index in [1.54, 1.807) is 37.4 Å². The van der Waals surface area contributed by atoms with E-state index in [4.69, 9.17) is 10.00 Å². The molecule has 0 bridgehead atoms. The number of hydrogen-bond donors (Lipinski definition) is 2. The third-order valence-corrected chi connectivity index (χ3v) is 2.45. The maximum Gasteiger partial charge on any atom is 0.265 e. The summed E-state index contributed by atoms with van der Waals surface area (Å²) < 4.78 is 5.48. The predicted octanol–water partition coefficient (Wildman–Crippen LogP) is 1.69. The Hall–Kier alpha value is -2.81. The highest BCUT2D eigenvalue weighted by molar-refractivity contribution is 5.93. The largest absolute Gasteiger partial charge is 0.480 e. The van der Waals surface area contributed by atoms with Gasteiger partial charge in [-0.2, -0.15) is 10.4 Å². The molecule has 1 heterocycles. The lowest BCUT2D eigenvalue weighted by Crippen LogP contribution is -2.30.